The second-order valence-electron chi connectivity index (χ2n) is 8.39. The van der Waals surface area contributed by atoms with E-state index in [-0.39, 0.29) is 11.7 Å². The third kappa shape index (κ3) is 6.05. The molecule has 3 aromatic rings. The summed E-state index contributed by atoms with van der Waals surface area (Å²) < 4.78 is 7.83. The van der Waals surface area contributed by atoms with Crippen molar-refractivity contribution in [1.82, 2.24) is 20.2 Å². The minimum Gasteiger partial charge on any atom is -0.493 e. The number of carbonyl (C=O) groups excluding carboxylic acids is 1. The Balaban J connectivity index is 1.44. The molecule has 1 aliphatic rings. The van der Waals surface area contributed by atoms with Gasteiger partial charge in [0, 0.05) is 17.2 Å². The van der Waals surface area contributed by atoms with Gasteiger partial charge in [0.15, 0.2) is 11.0 Å². The minimum absolute atomic E-state index is 0.190. The Morgan fingerprint density at radius 1 is 1.15 bits per heavy atom. The van der Waals surface area contributed by atoms with Gasteiger partial charge in [-0.1, -0.05) is 73.0 Å². The van der Waals surface area contributed by atoms with Crippen LogP contribution >= 0.6 is 11.8 Å². The molecule has 1 amide bonds. The average molecular weight is 478 g/mol. The van der Waals surface area contributed by atoms with Gasteiger partial charge < -0.3 is 4.74 Å². The van der Waals surface area contributed by atoms with Crippen molar-refractivity contribution in [2.24, 2.45) is 5.10 Å². The van der Waals surface area contributed by atoms with E-state index in [1.165, 1.54) is 36.6 Å². The van der Waals surface area contributed by atoms with Gasteiger partial charge in [0.05, 0.1) is 18.6 Å². The van der Waals surface area contributed by atoms with Crippen molar-refractivity contribution < 1.29 is 9.53 Å². The van der Waals surface area contributed by atoms with Gasteiger partial charge in [-0.3, -0.25) is 9.36 Å². The van der Waals surface area contributed by atoms with Crippen molar-refractivity contribution >= 4 is 23.9 Å². The maximum atomic E-state index is 12.5. The molecule has 2 aromatic carbocycles. The standard InChI is InChI=1S/C26H31N5O2S/c1-3-33-23-12-8-7-9-21(23)17-27-28-24(32)18-34-26-30-29-25(20-15-13-19(2)14-16-20)31(26)22-10-5-4-6-11-22/h7-9,12-17,22H,3-6,10-11,18H2,1-2H3,(H,28,32)/b27-17+. The molecule has 7 nitrogen and oxygen atoms in total. The molecular weight excluding hydrogens is 446 g/mol. The molecule has 34 heavy (non-hydrogen) atoms. The van der Waals surface area contributed by atoms with Crippen molar-refractivity contribution in [1.29, 1.82) is 0 Å². The zero-order chi connectivity index (χ0) is 23.8. The summed E-state index contributed by atoms with van der Waals surface area (Å²) in [5.74, 6) is 1.63. The quantitative estimate of drug-likeness (QED) is 0.254. The van der Waals surface area contributed by atoms with Crippen molar-refractivity contribution in [2.75, 3.05) is 12.4 Å². The number of amides is 1. The zero-order valence-electron chi connectivity index (χ0n) is 19.7. The van der Waals surface area contributed by atoms with E-state index in [4.69, 9.17) is 4.74 Å². The predicted octanol–water partition coefficient (Wildman–Crippen LogP) is 5.40. The molecule has 0 saturated heterocycles. The van der Waals surface area contributed by atoms with E-state index >= 15 is 0 Å². The van der Waals surface area contributed by atoms with Gasteiger partial charge in [-0.05, 0) is 38.8 Å². The fourth-order valence-corrected chi connectivity index (χ4v) is 4.95. The Bertz CT molecular complexity index is 1120. The molecule has 0 bridgehead atoms. The topological polar surface area (TPSA) is 81.4 Å². The highest BCUT2D eigenvalue weighted by atomic mass is 32.2. The van der Waals surface area contributed by atoms with E-state index in [1.807, 2.05) is 31.2 Å². The molecule has 178 valence electrons. The van der Waals surface area contributed by atoms with E-state index in [0.29, 0.717) is 12.6 Å². The number of hydrogen-bond donors (Lipinski definition) is 1. The van der Waals surface area contributed by atoms with Gasteiger partial charge in [-0.15, -0.1) is 10.2 Å². The summed E-state index contributed by atoms with van der Waals surface area (Å²) in [6, 6.07) is 16.3. The van der Waals surface area contributed by atoms with Gasteiger partial charge in [-0.2, -0.15) is 5.10 Å². The summed E-state index contributed by atoms with van der Waals surface area (Å²) in [5.41, 5.74) is 5.69. The van der Waals surface area contributed by atoms with Gasteiger partial charge in [-0.25, -0.2) is 5.43 Å². The molecule has 0 unspecified atom stereocenters. The number of thioether (sulfide) groups is 1. The zero-order valence-corrected chi connectivity index (χ0v) is 20.6. The van der Waals surface area contributed by atoms with Crippen LogP contribution in [0.2, 0.25) is 0 Å². The highest BCUT2D eigenvalue weighted by Gasteiger charge is 2.24. The lowest BCUT2D eigenvalue weighted by molar-refractivity contribution is -0.118. The molecule has 1 N–H and O–H groups in total. The fourth-order valence-electron chi connectivity index (χ4n) is 4.15. The molecule has 0 spiro atoms. The van der Waals surface area contributed by atoms with Crippen molar-refractivity contribution in [3.05, 3.63) is 59.7 Å². The second-order valence-corrected chi connectivity index (χ2v) is 9.33. The van der Waals surface area contributed by atoms with Crippen LogP contribution in [0.4, 0.5) is 0 Å². The van der Waals surface area contributed by atoms with Crippen molar-refractivity contribution in [3.8, 4) is 17.1 Å². The number of para-hydroxylation sites is 1. The van der Waals surface area contributed by atoms with E-state index in [0.717, 1.165) is 40.7 Å². The number of carbonyl (C=O) groups is 1. The first-order valence-corrected chi connectivity index (χ1v) is 12.8. The van der Waals surface area contributed by atoms with E-state index in [9.17, 15) is 4.79 Å². The maximum absolute atomic E-state index is 12.5. The summed E-state index contributed by atoms with van der Waals surface area (Å²) in [7, 11) is 0. The summed E-state index contributed by atoms with van der Waals surface area (Å²) in [4.78, 5) is 12.5. The maximum Gasteiger partial charge on any atom is 0.250 e. The van der Waals surface area contributed by atoms with E-state index in [1.54, 1.807) is 6.21 Å². The Hall–Kier alpha value is -3.13. The number of aryl methyl sites for hydroxylation is 1. The van der Waals surface area contributed by atoms with Gasteiger partial charge >= 0.3 is 0 Å². The lowest BCUT2D eigenvalue weighted by atomic mass is 9.95. The SMILES string of the molecule is CCOc1ccccc1/C=N/NC(=O)CSc1nnc(-c2ccc(C)cc2)n1C1CCCCC1. The third-order valence-electron chi connectivity index (χ3n) is 5.86. The Morgan fingerprint density at radius 2 is 1.91 bits per heavy atom. The number of benzene rings is 2. The second kappa shape index (κ2) is 11.8. The Labute approximate surface area is 205 Å². The highest BCUT2D eigenvalue weighted by molar-refractivity contribution is 7.99. The van der Waals surface area contributed by atoms with Crippen molar-refractivity contribution in [3.63, 3.8) is 0 Å². The number of hydrogen-bond acceptors (Lipinski definition) is 6. The summed E-state index contributed by atoms with van der Waals surface area (Å²) in [6.07, 6.45) is 7.51. The van der Waals surface area contributed by atoms with Crippen LogP contribution in [0.15, 0.2) is 58.8 Å². The van der Waals surface area contributed by atoms with Gasteiger partial charge in [0.2, 0.25) is 0 Å². The lowest BCUT2D eigenvalue weighted by Crippen LogP contribution is -2.20. The number of hydrazone groups is 1. The van der Waals surface area contributed by atoms with Crippen molar-refractivity contribution in [2.45, 2.75) is 57.1 Å². The summed E-state index contributed by atoms with van der Waals surface area (Å²) in [6.45, 7) is 4.58. The van der Waals surface area contributed by atoms with Crippen LogP contribution in [0.3, 0.4) is 0 Å². The average Bonchev–Trinajstić information content (AvgIpc) is 3.29. The number of aromatic nitrogens is 3. The van der Waals surface area contributed by atoms with Crippen LogP contribution in [0.25, 0.3) is 11.4 Å². The summed E-state index contributed by atoms with van der Waals surface area (Å²) >= 11 is 1.40. The number of nitrogens with one attached hydrogen (secondary N) is 1. The molecule has 1 aliphatic carbocycles. The molecule has 0 aliphatic heterocycles. The molecule has 1 aromatic heterocycles. The molecule has 0 atom stereocenters. The number of nitrogens with zero attached hydrogens (tertiary/aromatic N) is 4. The first-order valence-electron chi connectivity index (χ1n) is 11.8. The van der Waals surface area contributed by atoms with Crippen LogP contribution in [0, 0.1) is 6.92 Å². The summed E-state index contributed by atoms with van der Waals surface area (Å²) in [5, 5.41) is 13.9. The normalized spacial score (nSPS) is 14.4. The van der Waals surface area contributed by atoms with Crippen LogP contribution in [0.5, 0.6) is 5.75 Å². The molecular formula is C26H31N5O2S. The van der Waals surface area contributed by atoms with E-state index < -0.39 is 0 Å². The number of rotatable bonds is 9. The minimum atomic E-state index is -0.190. The van der Waals surface area contributed by atoms with Gasteiger partial charge in [0.1, 0.15) is 5.75 Å². The van der Waals surface area contributed by atoms with Crippen LogP contribution < -0.4 is 10.2 Å². The van der Waals surface area contributed by atoms with Crippen LogP contribution in [-0.2, 0) is 4.79 Å². The molecule has 8 heteroatoms. The Morgan fingerprint density at radius 3 is 2.68 bits per heavy atom. The van der Waals surface area contributed by atoms with Crippen LogP contribution in [-0.4, -0.2) is 39.2 Å². The Kier molecular flexibility index (Phi) is 8.36. The molecule has 1 heterocycles. The third-order valence-corrected chi connectivity index (χ3v) is 6.80. The molecule has 1 fully saturated rings. The smallest absolute Gasteiger partial charge is 0.250 e. The number of ether oxygens (including phenoxy) is 1. The highest BCUT2D eigenvalue weighted by Crippen LogP contribution is 2.35. The first kappa shape index (κ1) is 24.0. The lowest BCUT2D eigenvalue weighted by Gasteiger charge is -2.25. The fraction of sp³-hybridized carbons (Fsp3) is 0.385. The largest absolute Gasteiger partial charge is 0.493 e. The monoisotopic (exact) mass is 477 g/mol. The predicted molar refractivity (Wildman–Crippen MR) is 136 cm³/mol. The molecule has 0 radical (unpaired) electrons. The van der Waals surface area contributed by atoms with Crippen LogP contribution in [0.1, 0.15) is 56.2 Å². The molecule has 1 saturated carbocycles. The molecule has 4 rings (SSSR count). The first-order chi connectivity index (χ1) is 16.7. The van der Waals surface area contributed by atoms with E-state index in [2.05, 4.69) is 56.5 Å². The van der Waals surface area contributed by atoms with Gasteiger partial charge in [0.25, 0.3) is 5.91 Å².